The summed E-state index contributed by atoms with van der Waals surface area (Å²) in [5.74, 6) is 0.626. The number of rotatable bonds is 4. The summed E-state index contributed by atoms with van der Waals surface area (Å²) < 4.78 is 11.8. The molecule has 1 fully saturated rings. The van der Waals surface area contributed by atoms with Gasteiger partial charge in [0.1, 0.15) is 0 Å². The number of hydrogen-bond donors (Lipinski definition) is 0. The van der Waals surface area contributed by atoms with Gasteiger partial charge in [0.05, 0.1) is 19.8 Å². The minimum atomic E-state index is -0.137. The van der Waals surface area contributed by atoms with Crippen LogP contribution in [0.1, 0.15) is 6.42 Å². The Labute approximate surface area is 118 Å². The van der Waals surface area contributed by atoms with E-state index in [4.69, 9.17) is 9.47 Å². The van der Waals surface area contributed by atoms with Gasteiger partial charge < -0.3 is 9.47 Å². The molecule has 3 rings (SSSR count). The first-order valence-electron chi connectivity index (χ1n) is 6.08. The van der Waals surface area contributed by atoms with E-state index in [-0.39, 0.29) is 6.29 Å². The van der Waals surface area contributed by atoms with E-state index in [0.717, 1.165) is 16.5 Å². The number of nitrogens with zero attached hydrogens (tertiary/aromatic N) is 4. The maximum Gasteiger partial charge on any atom is 0.204 e. The van der Waals surface area contributed by atoms with Crippen LogP contribution in [0.2, 0.25) is 0 Å². The molecular weight excluding hydrogens is 312 g/mol. The van der Waals surface area contributed by atoms with Gasteiger partial charge in [-0.15, -0.1) is 10.2 Å². The van der Waals surface area contributed by atoms with Gasteiger partial charge in [0.2, 0.25) is 5.82 Å². The maximum absolute atomic E-state index is 5.36. The normalized spacial score (nSPS) is 16.1. The molecule has 1 aromatic carbocycles. The molecule has 1 aliphatic heterocycles. The summed E-state index contributed by atoms with van der Waals surface area (Å²) in [5, 5.41) is 12.4. The second-order valence-corrected chi connectivity index (χ2v) is 5.09. The van der Waals surface area contributed by atoms with Crippen molar-refractivity contribution >= 4 is 15.9 Å². The van der Waals surface area contributed by atoms with Crippen molar-refractivity contribution in [3.8, 4) is 11.4 Å². The lowest BCUT2D eigenvalue weighted by Gasteiger charge is -2.06. The van der Waals surface area contributed by atoms with E-state index in [1.807, 2.05) is 24.3 Å². The summed E-state index contributed by atoms with van der Waals surface area (Å²) in [6, 6.07) is 7.82. The van der Waals surface area contributed by atoms with Crippen molar-refractivity contribution in [3.05, 3.63) is 28.7 Å². The lowest BCUT2D eigenvalue weighted by molar-refractivity contribution is -0.0502. The van der Waals surface area contributed by atoms with E-state index in [1.54, 1.807) is 4.80 Å². The van der Waals surface area contributed by atoms with Crippen LogP contribution in [-0.2, 0) is 16.0 Å². The molecule has 0 unspecified atom stereocenters. The molecule has 0 saturated carbocycles. The number of halogens is 1. The predicted octanol–water partition coefficient (Wildman–Crippen LogP) is 1.87. The number of hydrogen-bond acceptors (Lipinski definition) is 5. The van der Waals surface area contributed by atoms with Crippen LogP contribution >= 0.6 is 15.9 Å². The fraction of sp³-hybridized carbons (Fsp3) is 0.417. The average molecular weight is 325 g/mol. The number of ether oxygens (including phenoxy) is 2. The van der Waals surface area contributed by atoms with Gasteiger partial charge in [-0.1, -0.05) is 15.9 Å². The van der Waals surface area contributed by atoms with Gasteiger partial charge in [0, 0.05) is 16.5 Å². The van der Waals surface area contributed by atoms with Crippen LogP contribution in [0.4, 0.5) is 0 Å². The second-order valence-electron chi connectivity index (χ2n) is 4.18. The van der Waals surface area contributed by atoms with Crippen LogP contribution in [0.3, 0.4) is 0 Å². The fourth-order valence-corrected chi connectivity index (χ4v) is 2.11. The zero-order chi connectivity index (χ0) is 13.1. The van der Waals surface area contributed by atoms with Crippen LogP contribution in [0.5, 0.6) is 0 Å². The molecule has 0 amide bonds. The molecule has 0 N–H and O–H groups in total. The van der Waals surface area contributed by atoms with Crippen molar-refractivity contribution in [1.29, 1.82) is 0 Å². The molecular formula is C12H13BrN4O2. The molecule has 0 atom stereocenters. The Kier molecular flexibility index (Phi) is 3.86. The molecule has 1 saturated heterocycles. The molecule has 0 spiro atoms. The van der Waals surface area contributed by atoms with E-state index in [1.165, 1.54) is 0 Å². The first-order valence-corrected chi connectivity index (χ1v) is 6.87. The van der Waals surface area contributed by atoms with Gasteiger partial charge in [-0.05, 0) is 29.5 Å². The Hall–Kier alpha value is -1.31. The maximum atomic E-state index is 5.36. The van der Waals surface area contributed by atoms with Crippen LogP contribution in [0.25, 0.3) is 11.4 Å². The summed E-state index contributed by atoms with van der Waals surface area (Å²) in [5.41, 5.74) is 0.947. The first kappa shape index (κ1) is 12.7. The summed E-state index contributed by atoms with van der Waals surface area (Å²) in [6.45, 7) is 1.97. The highest BCUT2D eigenvalue weighted by Gasteiger charge is 2.16. The Morgan fingerprint density at radius 2 is 1.95 bits per heavy atom. The third kappa shape index (κ3) is 3.17. The van der Waals surface area contributed by atoms with Crippen molar-refractivity contribution in [1.82, 2.24) is 20.2 Å². The zero-order valence-electron chi connectivity index (χ0n) is 10.2. The van der Waals surface area contributed by atoms with Crippen molar-refractivity contribution in [2.75, 3.05) is 13.2 Å². The standard InChI is InChI=1S/C12H13BrN4O2/c13-10-3-1-9(2-4-10)12-14-16-17(15-12)6-5-11-18-7-8-19-11/h1-4,11H,5-8H2. The highest BCUT2D eigenvalue weighted by molar-refractivity contribution is 9.10. The molecule has 19 heavy (non-hydrogen) atoms. The lowest BCUT2D eigenvalue weighted by Crippen LogP contribution is -2.13. The van der Waals surface area contributed by atoms with E-state index in [9.17, 15) is 0 Å². The van der Waals surface area contributed by atoms with Crippen molar-refractivity contribution in [3.63, 3.8) is 0 Å². The van der Waals surface area contributed by atoms with Crippen LogP contribution in [-0.4, -0.2) is 39.7 Å². The second kappa shape index (κ2) is 5.77. The Morgan fingerprint density at radius 1 is 1.21 bits per heavy atom. The summed E-state index contributed by atoms with van der Waals surface area (Å²) in [7, 11) is 0. The van der Waals surface area contributed by atoms with Gasteiger partial charge >= 0.3 is 0 Å². The third-order valence-corrected chi connectivity index (χ3v) is 3.34. The van der Waals surface area contributed by atoms with Gasteiger partial charge in [-0.2, -0.15) is 4.80 Å². The van der Waals surface area contributed by atoms with Crippen molar-refractivity contribution in [2.45, 2.75) is 19.3 Å². The van der Waals surface area contributed by atoms with Crippen LogP contribution < -0.4 is 0 Å². The smallest absolute Gasteiger partial charge is 0.204 e. The van der Waals surface area contributed by atoms with E-state index < -0.39 is 0 Å². The first-order chi connectivity index (χ1) is 9.31. The molecule has 6 nitrogen and oxygen atoms in total. The van der Waals surface area contributed by atoms with Gasteiger partial charge in [-0.25, -0.2) is 0 Å². The highest BCUT2D eigenvalue weighted by atomic mass is 79.9. The van der Waals surface area contributed by atoms with Gasteiger partial charge in [0.25, 0.3) is 0 Å². The monoisotopic (exact) mass is 324 g/mol. The molecule has 1 aromatic heterocycles. The molecule has 0 aliphatic carbocycles. The molecule has 1 aliphatic rings. The molecule has 2 heterocycles. The average Bonchev–Trinajstić information content (AvgIpc) is 3.09. The summed E-state index contributed by atoms with van der Waals surface area (Å²) in [4.78, 5) is 1.57. The van der Waals surface area contributed by atoms with Gasteiger partial charge in [-0.3, -0.25) is 0 Å². The Balaban J connectivity index is 1.63. The number of benzene rings is 1. The van der Waals surface area contributed by atoms with E-state index >= 15 is 0 Å². The molecule has 100 valence electrons. The predicted molar refractivity (Wildman–Crippen MR) is 71.3 cm³/mol. The molecule has 2 aromatic rings. The van der Waals surface area contributed by atoms with Crippen LogP contribution in [0, 0.1) is 0 Å². The van der Waals surface area contributed by atoms with Crippen molar-refractivity contribution in [2.24, 2.45) is 0 Å². The zero-order valence-corrected chi connectivity index (χ0v) is 11.8. The minimum absolute atomic E-state index is 0.137. The minimum Gasteiger partial charge on any atom is -0.350 e. The molecule has 0 bridgehead atoms. The third-order valence-electron chi connectivity index (χ3n) is 2.81. The lowest BCUT2D eigenvalue weighted by atomic mass is 10.2. The number of aryl methyl sites for hydroxylation is 1. The summed E-state index contributed by atoms with van der Waals surface area (Å²) >= 11 is 3.40. The topological polar surface area (TPSA) is 62.1 Å². The largest absolute Gasteiger partial charge is 0.350 e. The van der Waals surface area contributed by atoms with Gasteiger partial charge in [0.15, 0.2) is 6.29 Å². The quantitative estimate of drug-likeness (QED) is 0.859. The van der Waals surface area contributed by atoms with E-state index in [2.05, 4.69) is 31.3 Å². The summed E-state index contributed by atoms with van der Waals surface area (Å²) in [6.07, 6.45) is 0.595. The highest BCUT2D eigenvalue weighted by Crippen LogP contribution is 2.17. The van der Waals surface area contributed by atoms with Crippen molar-refractivity contribution < 1.29 is 9.47 Å². The van der Waals surface area contributed by atoms with E-state index in [0.29, 0.717) is 25.6 Å². The SMILES string of the molecule is Brc1ccc(-c2nnn(CCC3OCCO3)n2)cc1. The molecule has 0 radical (unpaired) electrons. The Morgan fingerprint density at radius 3 is 2.68 bits per heavy atom. The molecule has 7 heteroatoms. The Bertz CT molecular complexity index is 537. The number of aromatic nitrogens is 4. The van der Waals surface area contributed by atoms with Crippen LogP contribution in [0.15, 0.2) is 28.7 Å². The fourth-order valence-electron chi connectivity index (χ4n) is 1.85. The number of tetrazole rings is 1.